The topological polar surface area (TPSA) is 149 Å². The fraction of sp³-hybridized carbons (Fsp3) is 0.130. The van der Waals surface area contributed by atoms with Gasteiger partial charge in [-0.1, -0.05) is 30.3 Å². The first-order valence-electron chi connectivity index (χ1n) is 9.61. The Morgan fingerprint density at radius 2 is 1.24 bits per heavy atom. The van der Waals surface area contributed by atoms with E-state index < -0.39 is 20.2 Å². The maximum Gasteiger partial charge on any atom is 0.295 e. The molecule has 4 aromatic carbocycles. The van der Waals surface area contributed by atoms with Crippen molar-refractivity contribution in [2.45, 2.75) is 30.6 Å². The number of hydrogen-bond donors (Lipinski definition) is 4. The van der Waals surface area contributed by atoms with Crippen LogP contribution in [0.15, 0.2) is 64.4 Å². The number of phenols is 2. The summed E-state index contributed by atoms with van der Waals surface area (Å²) in [6.07, 6.45) is 0. The van der Waals surface area contributed by atoms with Gasteiger partial charge >= 0.3 is 0 Å². The number of fused-ring (bicyclic) bond motifs is 2. The Labute approximate surface area is 191 Å². The number of aromatic hydroxyl groups is 2. The smallest absolute Gasteiger partial charge is 0.295 e. The second-order valence-electron chi connectivity index (χ2n) is 7.59. The van der Waals surface area contributed by atoms with Crippen LogP contribution in [0, 0.1) is 20.8 Å². The van der Waals surface area contributed by atoms with Gasteiger partial charge in [-0.25, -0.2) is 0 Å². The highest BCUT2D eigenvalue weighted by Gasteiger charge is 2.17. The van der Waals surface area contributed by atoms with Gasteiger partial charge in [-0.3, -0.25) is 9.11 Å². The van der Waals surface area contributed by atoms with Gasteiger partial charge in [0.2, 0.25) is 0 Å². The molecule has 33 heavy (non-hydrogen) atoms. The standard InChI is InChI=1S/C12H12O4S.C11H10O4S/c1-7-5-9-6-10(17(14,15)16)3-4-11(9)12(13)8(7)2;1-7-6-10(16(13,14)15)8-4-2-3-5-9(8)11(7)12/h3-6,13H,1-2H3,(H,14,15,16);2-6,12H,1H3,(H,13,14,15). The van der Waals surface area contributed by atoms with E-state index in [1.165, 1.54) is 30.3 Å². The zero-order valence-corrected chi connectivity index (χ0v) is 19.6. The van der Waals surface area contributed by atoms with Crippen molar-refractivity contribution in [3.8, 4) is 11.5 Å². The Morgan fingerprint density at radius 3 is 1.82 bits per heavy atom. The highest BCUT2D eigenvalue weighted by Crippen LogP contribution is 2.33. The lowest BCUT2D eigenvalue weighted by Gasteiger charge is -2.08. The van der Waals surface area contributed by atoms with Crippen molar-refractivity contribution in [2.24, 2.45) is 0 Å². The van der Waals surface area contributed by atoms with Crippen molar-refractivity contribution >= 4 is 41.8 Å². The molecule has 0 aliphatic carbocycles. The van der Waals surface area contributed by atoms with Gasteiger partial charge < -0.3 is 10.2 Å². The summed E-state index contributed by atoms with van der Waals surface area (Å²) in [5.74, 6) is 0.171. The van der Waals surface area contributed by atoms with Crippen molar-refractivity contribution in [1.82, 2.24) is 0 Å². The summed E-state index contributed by atoms with van der Waals surface area (Å²) in [6, 6.07) is 13.6. The molecule has 0 spiro atoms. The van der Waals surface area contributed by atoms with Crippen LogP contribution in [0.25, 0.3) is 21.5 Å². The molecule has 0 amide bonds. The first-order chi connectivity index (χ1) is 15.2. The second kappa shape index (κ2) is 8.64. The summed E-state index contributed by atoms with van der Waals surface area (Å²) < 4.78 is 62.4. The molecule has 0 saturated heterocycles. The largest absolute Gasteiger partial charge is 0.507 e. The molecule has 4 N–H and O–H groups in total. The fourth-order valence-electron chi connectivity index (χ4n) is 3.44. The molecule has 0 radical (unpaired) electrons. The molecule has 0 heterocycles. The average molecular weight is 491 g/mol. The van der Waals surface area contributed by atoms with Crippen LogP contribution in [0.4, 0.5) is 0 Å². The molecule has 0 aliphatic heterocycles. The average Bonchev–Trinajstić information content (AvgIpc) is 2.73. The Balaban J connectivity index is 0.000000186. The number of benzene rings is 4. The normalized spacial score (nSPS) is 11.9. The number of phenolic OH excluding ortho intramolecular Hbond substituents is 2. The molecular formula is C23H22O8S2. The molecule has 4 aromatic rings. The van der Waals surface area contributed by atoms with E-state index in [-0.39, 0.29) is 21.3 Å². The quantitative estimate of drug-likeness (QED) is 0.300. The maximum atomic E-state index is 11.2. The van der Waals surface area contributed by atoms with Crippen molar-refractivity contribution in [3.05, 3.63) is 71.3 Å². The minimum Gasteiger partial charge on any atom is -0.507 e. The van der Waals surface area contributed by atoms with Gasteiger partial charge in [0.05, 0.1) is 4.90 Å². The summed E-state index contributed by atoms with van der Waals surface area (Å²) in [5.41, 5.74) is 2.03. The summed E-state index contributed by atoms with van der Waals surface area (Å²) >= 11 is 0. The molecule has 10 heteroatoms. The molecule has 0 fully saturated rings. The minimum atomic E-state index is -4.28. The third-order valence-electron chi connectivity index (χ3n) is 5.34. The van der Waals surface area contributed by atoms with E-state index >= 15 is 0 Å². The highest BCUT2D eigenvalue weighted by molar-refractivity contribution is 7.86. The predicted octanol–water partition coefficient (Wildman–Crippen LogP) is 4.51. The van der Waals surface area contributed by atoms with E-state index in [9.17, 15) is 27.0 Å². The van der Waals surface area contributed by atoms with Crippen molar-refractivity contribution in [3.63, 3.8) is 0 Å². The van der Waals surface area contributed by atoms with Crippen LogP contribution in [-0.2, 0) is 20.2 Å². The molecule has 4 rings (SSSR count). The Hall–Kier alpha value is -3.18. The number of hydrogen-bond acceptors (Lipinski definition) is 6. The fourth-order valence-corrected chi connectivity index (χ4v) is 4.74. The van der Waals surface area contributed by atoms with Crippen LogP contribution in [0.3, 0.4) is 0 Å². The van der Waals surface area contributed by atoms with Crippen LogP contribution in [-0.4, -0.2) is 36.2 Å². The van der Waals surface area contributed by atoms with Gasteiger partial charge in [-0.15, -0.1) is 0 Å². The van der Waals surface area contributed by atoms with Crippen LogP contribution in [0.1, 0.15) is 16.7 Å². The van der Waals surface area contributed by atoms with Gasteiger partial charge in [0.25, 0.3) is 20.2 Å². The van der Waals surface area contributed by atoms with Gasteiger partial charge in [0, 0.05) is 16.2 Å². The number of rotatable bonds is 2. The van der Waals surface area contributed by atoms with Crippen molar-refractivity contribution in [1.29, 1.82) is 0 Å². The van der Waals surface area contributed by atoms with E-state index in [0.29, 0.717) is 27.1 Å². The Bertz CT molecular complexity index is 1610. The van der Waals surface area contributed by atoms with E-state index in [1.807, 2.05) is 6.92 Å². The predicted molar refractivity (Wildman–Crippen MR) is 125 cm³/mol. The monoisotopic (exact) mass is 490 g/mol. The van der Waals surface area contributed by atoms with E-state index in [4.69, 9.17) is 9.11 Å². The molecule has 0 saturated carbocycles. The second-order valence-corrected chi connectivity index (χ2v) is 10.4. The van der Waals surface area contributed by atoms with E-state index in [0.717, 1.165) is 11.1 Å². The minimum absolute atomic E-state index is 0.0306. The summed E-state index contributed by atoms with van der Waals surface area (Å²) in [4.78, 5) is -0.356. The third kappa shape index (κ3) is 4.93. The molecule has 8 nitrogen and oxygen atoms in total. The van der Waals surface area contributed by atoms with Crippen molar-refractivity contribution in [2.75, 3.05) is 0 Å². The van der Waals surface area contributed by atoms with Gasteiger partial charge in [0.15, 0.2) is 0 Å². The SMILES string of the molecule is Cc1cc(S(=O)(=O)O)c2ccccc2c1O.Cc1cc2cc(S(=O)(=O)O)ccc2c(O)c1C. The lowest BCUT2D eigenvalue weighted by Crippen LogP contribution is -2.00. The first-order valence-corrected chi connectivity index (χ1v) is 12.5. The summed E-state index contributed by atoms with van der Waals surface area (Å²) in [5, 5.41) is 21.6. The lowest BCUT2D eigenvalue weighted by molar-refractivity contribution is 0.475. The van der Waals surface area contributed by atoms with Crippen molar-refractivity contribution < 1.29 is 36.2 Å². The Kier molecular flexibility index (Phi) is 6.40. The third-order valence-corrected chi connectivity index (χ3v) is 7.08. The van der Waals surface area contributed by atoms with E-state index in [1.54, 1.807) is 38.1 Å². The van der Waals surface area contributed by atoms with Gasteiger partial charge in [0.1, 0.15) is 16.4 Å². The van der Waals surface area contributed by atoms with Crippen LogP contribution >= 0.6 is 0 Å². The lowest BCUT2D eigenvalue weighted by atomic mass is 10.0. The molecule has 0 atom stereocenters. The Morgan fingerprint density at radius 1 is 0.636 bits per heavy atom. The highest BCUT2D eigenvalue weighted by atomic mass is 32.2. The zero-order valence-electron chi connectivity index (χ0n) is 17.9. The maximum absolute atomic E-state index is 11.2. The molecule has 0 unspecified atom stereocenters. The van der Waals surface area contributed by atoms with Gasteiger partial charge in [-0.05, 0) is 67.1 Å². The van der Waals surface area contributed by atoms with Gasteiger partial charge in [-0.2, -0.15) is 16.8 Å². The molecule has 0 aromatic heterocycles. The molecule has 0 bridgehead atoms. The zero-order chi connectivity index (χ0) is 24.7. The molecule has 174 valence electrons. The van der Waals surface area contributed by atoms with Crippen LogP contribution in [0.2, 0.25) is 0 Å². The number of aryl methyl sites for hydroxylation is 2. The summed E-state index contributed by atoms with van der Waals surface area (Å²) in [6.45, 7) is 5.20. The molecule has 0 aliphatic rings. The van der Waals surface area contributed by atoms with E-state index in [2.05, 4.69) is 0 Å². The summed E-state index contributed by atoms with van der Waals surface area (Å²) in [7, 11) is -8.49. The van der Waals surface area contributed by atoms with Crippen LogP contribution in [0.5, 0.6) is 11.5 Å². The first kappa shape index (κ1) is 24.5. The van der Waals surface area contributed by atoms with Crippen LogP contribution < -0.4 is 0 Å². The molecular weight excluding hydrogens is 468 g/mol.